The molecule has 40 heavy (non-hydrogen) atoms. The molecule has 0 atom stereocenters. The Bertz CT molecular complexity index is 1560. The van der Waals surface area contributed by atoms with E-state index < -0.39 is 0 Å². The molecule has 208 valence electrons. The van der Waals surface area contributed by atoms with Crippen LogP contribution in [0.3, 0.4) is 0 Å². The van der Waals surface area contributed by atoms with E-state index in [9.17, 15) is 4.79 Å². The maximum Gasteiger partial charge on any atom is 0.194 e. The van der Waals surface area contributed by atoms with E-state index in [2.05, 4.69) is 62.7 Å². The molecule has 5 nitrogen and oxygen atoms in total. The smallest absolute Gasteiger partial charge is 0.194 e. The van der Waals surface area contributed by atoms with Gasteiger partial charge in [0.25, 0.3) is 0 Å². The van der Waals surface area contributed by atoms with E-state index in [0.29, 0.717) is 5.33 Å². The van der Waals surface area contributed by atoms with Gasteiger partial charge in [-0.1, -0.05) is 75.6 Å². The first-order valence-corrected chi connectivity index (χ1v) is 16.6. The number of benzene rings is 2. The molecule has 0 saturated carbocycles. The molecule has 0 amide bonds. The molecule has 0 bridgehead atoms. The lowest BCUT2D eigenvalue weighted by Gasteiger charge is -2.09. The Kier molecular flexibility index (Phi) is 9.50. The normalized spacial score (nSPS) is 13.9. The van der Waals surface area contributed by atoms with E-state index >= 15 is 0 Å². The molecule has 0 unspecified atom stereocenters. The molecule has 5 aromatic rings. The first-order chi connectivity index (χ1) is 19.4. The Labute approximate surface area is 252 Å². The number of alkyl halides is 1. The summed E-state index contributed by atoms with van der Waals surface area (Å²) in [5, 5.41) is 1.14. The number of thiazole rings is 2. The summed E-state index contributed by atoms with van der Waals surface area (Å²) < 4.78 is 2.31. The third-order valence-corrected chi connectivity index (χ3v) is 9.93. The van der Waals surface area contributed by atoms with Crippen molar-refractivity contribution in [2.24, 2.45) is 0 Å². The number of nitrogens with two attached hydrogens (primary N) is 1. The minimum absolute atomic E-state index is 0.130. The van der Waals surface area contributed by atoms with Crippen LogP contribution in [-0.4, -0.2) is 25.5 Å². The van der Waals surface area contributed by atoms with Gasteiger partial charge in [-0.2, -0.15) is 0 Å². The summed E-state index contributed by atoms with van der Waals surface area (Å²) in [4.78, 5) is 24.2. The third-order valence-electron chi connectivity index (χ3n) is 7.27. The fourth-order valence-corrected chi connectivity index (χ4v) is 7.45. The number of aryl methyl sites for hydroxylation is 6. The Morgan fingerprint density at radius 2 is 1.48 bits per heavy atom. The quantitative estimate of drug-likeness (QED) is 0.160. The molecule has 0 radical (unpaired) electrons. The van der Waals surface area contributed by atoms with Crippen LogP contribution in [0.5, 0.6) is 0 Å². The minimum atomic E-state index is 0.130. The lowest BCUT2D eigenvalue weighted by molar-refractivity contribution is 0.102. The molecule has 2 aromatic carbocycles. The third kappa shape index (κ3) is 6.90. The predicted octanol–water partition coefficient (Wildman–Crippen LogP) is 8.43. The van der Waals surface area contributed by atoms with Crippen LogP contribution in [0.4, 0.5) is 5.13 Å². The van der Waals surface area contributed by atoms with Crippen molar-refractivity contribution in [3.05, 3.63) is 92.6 Å². The monoisotopic (exact) mass is 634 g/mol. The molecule has 0 spiro atoms. The molecule has 0 saturated heterocycles. The van der Waals surface area contributed by atoms with Crippen molar-refractivity contribution >= 4 is 54.5 Å². The van der Waals surface area contributed by atoms with Crippen molar-refractivity contribution < 1.29 is 4.79 Å². The molecule has 0 aliphatic heterocycles. The van der Waals surface area contributed by atoms with Gasteiger partial charge in [-0.05, 0) is 65.2 Å². The number of ketones is 1. The lowest BCUT2D eigenvalue weighted by atomic mass is 10.0. The number of fused-ring (bicyclic) bond motifs is 4. The van der Waals surface area contributed by atoms with Gasteiger partial charge in [0.05, 0.1) is 16.7 Å². The summed E-state index contributed by atoms with van der Waals surface area (Å²) in [7, 11) is 0. The molecule has 2 N–H and O–H groups in total. The number of nitrogens with zero attached hydrogens (tertiary/aromatic N) is 3. The minimum Gasteiger partial charge on any atom is -0.375 e. The molecule has 3 heterocycles. The summed E-state index contributed by atoms with van der Waals surface area (Å²) >= 11 is 6.65. The van der Waals surface area contributed by atoms with Crippen LogP contribution in [0.1, 0.15) is 68.3 Å². The summed E-state index contributed by atoms with van der Waals surface area (Å²) in [5.41, 5.74) is 13.9. The van der Waals surface area contributed by atoms with Crippen LogP contribution in [0, 0.1) is 13.8 Å². The number of carbonyl (C=O) groups is 1. The van der Waals surface area contributed by atoms with E-state index in [0.717, 1.165) is 27.8 Å². The van der Waals surface area contributed by atoms with Gasteiger partial charge >= 0.3 is 0 Å². The van der Waals surface area contributed by atoms with E-state index in [4.69, 9.17) is 10.7 Å². The number of carbonyl (C=O) groups excluding carboxylic acids is 1. The molecule has 8 heteroatoms. The van der Waals surface area contributed by atoms with Gasteiger partial charge in [0.2, 0.25) is 0 Å². The number of hydrogen-bond donors (Lipinski definition) is 1. The molecule has 0 fully saturated rings. The lowest BCUT2D eigenvalue weighted by Crippen LogP contribution is -2.01. The SMILES string of the molecule is Cc1ccc(-c2cn3c4c(sc3n2)CCCC4)cc1.Cc1ccc(C(=O)CBr)cc1.Nc1nc2c(s1)CCCC2. The number of rotatable bonds is 3. The second-order valence-corrected chi connectivity index (χ2v) is 13.1. The average molecular weight is 636 g/mol. The molecule has 7 rings (SSSR count). The van der Waals surface area contributed by atoms with Gasteiger partial charge in [-0.15, -0.1) is 22.7 Å². The second kappa shape index (κ2) is 13.2. The molecule has 3 aromatic heterocycles. The Balaban J connectivity index is 0.000000132. The number of imidazole rings is 1. The first kappa shape index (κ1) is 28.7. The number of hydrogen-bond acceptors (Lipinski definition) is 6. The summed E-state index contributed by atoms with van der Waals surface area (Å²) in [6.45, 7) is 4.12. The molecule has 2 aliphatic rings. The van der Waals surface area contributed by atoms with Gasteiger partial charge in [0.1, 0.15) is 0 Å². The fourth-order valence-electron chi connectivity index (χ4n) is 5.02. The molecular weight excluding hydrogens is 600 g/mol. The van der Waals surface area contributed by atoms with Crippen molar-refractivity contribution in [2.45, 2.75) is 65.2 Å². The van der Waals surface area contributed by atoms with Crippen molar-refractivity contribution in [3.8, 4) is 11.3 Å². The maximum absolute atomic E-state index is 11.1. The van der Waals surface area contributed by atoms with E-state index in [1.54, 1.807) is 16.2 Å². The van der Waals surface area contributed by atoms with Gasteiger partial charge in [0.15, 0.2) is 15.9 Å². The van der Waals surface area contributed by atoms with Crippen LogP contribution in [0.15, 0.2) is 54.7 Å². The Hall–Kier alpha value is -2.81. The van der Waals surface area contributed by atoms with E-state index in [-0.39, 0.29) is 5.78 Å². The Morgan fingerprint density at radius 3 is 2.15 bits per heavy atom. The highest BCUT2D eigenvalue weighted by Crippen LogP contribution is 2.32. The summed E-state index contributed by atoms with van der Waals surface area (Å²) in [5.74, 6) is 0.130. The number of nitrogen functional groups attached to an aromatic ring is 1. The van der Waals surface area contributed by atoms with Crippen LogP contribution < -0.4 is 5.73 Å². The van der Waals surface area contributed by atoms with Crippen LogP contribution in [-0.2, 0) is 25.7 Å². The zero-order chi connectivity index (χ0) is 28.1. The topological polar surface area (TPSA) is 73.3 Å². The van der Waals surface area contributed by atoms with Gasteiger partial charge in [0, 0.05) is 32.8 Å². The number of aromatic nitrogens is 3. The van der Waals surface area contributed by atoms with E-state index in [1.165, 1.54) is 77.9 Å². The van der Waals surface area contributed by atoms with Crippen LogP contribution in [0.25, 0.3) is 16.2 Å². The summed E-state index contributed by atoms with van der Waals surface area (Å²) in [6, 6.07) is 16.2. The highest BCUT2D eigenvalue weighted by molar-refractivity contribution is 9.09. The van der Waals surface area contributed by atoms with Crippen molar-refractivity contribution in [3.63, 3.8) is 0 Å². The van der Waals surface area contributed by atoms with E-state index in [1.807, 2.05) is 42.5 Å². The summed E-state index contributed by atoms with van der Waals surface area (Å²) in [6.07, 6.45) is 12.2. The van der Waals surface area contributed by atoms with Gasteiger partial charge in [-0.25, -0.2) is 9.97 Å². The van der Waals surface area contributed by atoms with Crippen molar-refractivity contribution in [1.29, 1.82) is 0 Å². The zero-order valence-electron chi connectivity index (χ0n) is 23.1. The largest absolute Gasteiger partial charge is 0.375 e. The van der Waals surface area contributed by atoms with Crippen LogP contribution in [0.2, 0.25) is 0 Å². The van der Waals surface area contributed by atoms with Gasteiger partial charge in [-0.3, -0.25) is 9.20 Å². The number of Topliss-reactive ketones (excluding diaryl/α,β-unsaturated/α-hetero) is 1. The molecular formula is C32H35BrN4OS2. The average Bonchev–Trinajstić information content (AvgIpc) is 3.66. The second-order valence-electron chi connectivity index (χ2n) is 10.4. The highest BCUT2D eigenvalue weighted by atomic mass is 79.9. The van der Waals surface area contributed by atoms with Crippen molar-refractivity contribution in [1.82, 2.24) is 14.4 Å². The molecule has 2 aliphatic carbocycles. The highest BCUT2D eigenvalue weighted by Gasteiger charge is 2.18. The standard InChI is InChI=1S/C16H16N2S.C9H9BrO.C7H10N2S/c1-11-6-8-12(9-7-11)13-10-18-14-4-2-3-5-15(14)19-16(18)17-13;1-7-2-4-8(5-3-7)9(11)6-10;8-7-9-5-3-1-2-4-6(5)10-7/h6-10H,2-5H2,1H3;2-5H,6H2,1H3;1-4H2,(H2,8,9). The Morgan fingerprint density at radius 1 is 0.850 bits per heavy atom. The zero-order valence-corrected chi connectivity index (χ0v) is 26.3. The predicted molar refractivity (Wildman–Crippen MR) is 172 cm³/mol. The fraction of sp³-hybridized carbons (Fsp3) is 0.344. The first-order valence-electron chi connectivity index (χ1n) is 13.9. The van der Waals surface area contributed by atoms with Gasteiger partial charge < -0.3 is 5.73 Å². The number of halogens is 1. The van der Waals surface area contributed by atoms with Crippen LogP contribution >= 0.6 is 38.6 Å². The maximum atomic E-state index is 11.1. The van der Waals surface area contributed by atoms with Crippen molar-refractivity contribution in [2.75, 3.05) is 11.1 Å². The number of anilines is 1.